The second-order valence-corrected chi connectivity index (χ2v) is 5.26. The van der Waals surface area contributed by atoms with Crippen molar-refractivity contribution < 1.29 is 4.39 Å². The Morgan fingerprint density at radius 3 is 2.40 bits per heavy atom. The van der Waals surface area contributed by atoms with Gasteiger partial charge in [0.25, 0.3) is 0 Å². The van der Waals surface area contributed by atoms with Crippen molar-refractivity contribution in [2.24, 2.45) is 5.73 Å². The van der Waals surface area contributed by atoms with Crippen molar-refractivity contribution in [2.75, 3.05) is 0 Å². The molecular formula is C13H18FN. The second-order valence-electron chi connectivity index (χ2n) is 5.26. The lowest BCUT2D eigenvalue weighted by Gasteiger charge is -2.32. The molecule has 2 N–H and O–H groups in total. The van der Waals surface area contributed by atoms with Crippen LogP contribution in [0.25, 0.3) is 0 Å². The highest BCUT2D eigenvalue weighted by Crippen LogP contribution is 2.49. The smallest absolute Gasteiger partial charge is 0.127 e. The van der Waals surface area contributed by atoms with E-state index in [1.165, 1.54) is 0 Å². The lowest BCUT2D eigenvalue weighted by atomic mass is 9.75. The lowest BCUT2D eigenvalue weighted by Crippen LogP contribution is -2.43. The quantitative estimate of drug-likeness (QED) is 0.792. The Labute approximate surface area is 90.5 Å². The van der Waals surface area contributed by atoms with Gasteiger partial charge in [-0.15, -0.1) is 0 Å². The predicted octanol–water partition coefficient (Wildman–Crippen LogP) is 2.90. The molecule has 0 aliphatic heterocycles. The maximum absolute atomic E-state index is 13.8. The lowest BCUT2D eigenvalue weighted by molar-refractivity contribution is 0.374. The zero-order valence-corrected chi connectivity index (χ0v) is 9.60. The van der Waals surface area contributed by atoms with Crippen LogP contribution in [0.3, 0.4) is 0 Å². The second kappa shape index (κ2) is 3.05. The molecule has 0 atom stereocenters. The van der Waals surface area contributed by atoms with E-state index in [2.05, 4.69) is 0 Å². The maximum atomic E-state index is 13.8. The van der Waals surface area contributed by atoms with Gasteiger partial charge in [-0.2, -0.15) is 0 Å². The number of halogens is 1. The fourth-order valence-electron chi connectivity index (χ4n) is 2.15. The van der Waals surface area contributed by atoms with Gasteiger partial charge in [0, 0.05) is 11.0 Å². The molecule has 0 spiro atoms. The van der Waals surface area contributed by atoms with Crippen LogP contribution < -0.4 is 5.73 Å². The first-order chi connectivity index (χ1) is 6.87. The molecule has 15 heavy (non-hydrogen) atoms. The van der Waals surface area contributed by atoms with Crippen LogP contribution in [-0.2, 0) is 5.41 Å². The Bertz CT molecular complexity index is 392. The summed E-state index contributed by atoms with van der Waals surface area (Å²) in [7, 11) is 0. The van der Waals surface area contributed by atoms with E-state index in [-0.39, 0.29) is 16.8 Å². The number of hydrogen-bond acceptors (Lipinski definition) is 1. The van der Waals surface area contributed by atoms with Crippen molar-refractivity contribution in [1.29, 1.82) is 0 Å². The summed E-state index contributed by atoms with van der Waals surface area (Å²) in [6, 6.07) is 5.41. The minimum absolute atomic E-state index is 0.128. The molecule has 1 nitrogen and oxygen atoms in total. The molecule has 0 bridgehead atoms. The molecule has 1 fully saturated rings. The third-order valence-corrected chi connectivity index (χ3v) is 3.83. The standard InChI is InChI=1S/C13H18FN/c1-9-4-5-10(11(14)8-9)12(2,3)13(15)6-7-13/h4-5,8H,6-7,15H2,1-3H3. The summed E-state index contributed by atoms with van der Waals surface area (Å²) in [5, 5.41) is 0. The van der Waals surface area contributed by atoms with Crippen LogP contribution in [0.15, 0.2) is 18.2 Å². The van der Waals surface area contributed by atoms with Gasteiger partial charge in [0.2, 0.25) is 0 Å². The zero-order chi connectivity index (χ0) is 11.3. The number of hydrogen-bond donors (Lipinski definition) is 1. The molecule has 1 aliphatic carbocycles. The Hall–Kier alpha value is -0.890. The Morgan fingerprint density at radius 1 is 1.33 bits per heavy atom. The van der Waals surface area contributed by atoms with Gasteiger partial charge in [-0.25, -0.2) is 4.39 Å². The van der Waals surface area contributed by atoms with E-state index in [9.17, 15) is 4.39 Å². The molecule has 0 unspecified atom stereocenters. The minimum atomic E-state index is -0.273. The molecule has 0 heterocycles. The van der Waals surface area contributed by atoms with E-state index in [1.807, 2.05) is 32.9 Å². The van der Waals surface area contributed by atoms with Gasteiger partial charge in [-0.05, 0) is 37.0 Å². The highest BCUT2D eigenvalue weighted by molar-refractivity contribution is 5.35. The van der Waals surface area contributed by atoms with Crippen LogP contribution in [0.5, 0.6) is 0 Å². The first-order valence-electron chi connectivity index (χ1n) is 5.42. The van der Waals surface area contributed by atoms with Crippen molar-refractivity contribution in [3.8, 4) is 0 Å². The van der Waals surface area contributed by atoms with E-state index in [1.54, 1.807) is 6.07 Å². The first-order valence-corrected chi connectivity index (χ1v) is 5.42. The van der Waals surface area contributed by atoms with E-state index < -0.39 is 0 Å². The summed E-state index contributed by atoms with van der Waals surface area (Å²) >= 11 is 0. The SMILES string of the molecule is Cc1ccc(C(C)(C)C2(N)CC2)c(F)c1. The van der Waals surface area contributed by atoms with Gasteiger partial charge in [0.15, 0.2) is 0 Å². The minimum Gasteiger partial charge on any atom is -0.324 e. The number of nitrogens with two attached hydrogens (primary N) is 1. The largest absolute Gasteiger partial charge is 0.324 e. The summed E-state index contributed by atoms with van der Waals surface area (Å²) in [6.07, 6.45) is 1.99. The van der Waals surface area contributed by atoms with Crippen molar-refractivity contribution in [1.82, 2.24) is 0 Å². The van der Waals surface area contributed by atoms with E-state index in [0.717, 1.165) is 24.0 Å². The summed E-state index contributed by atoms with van der Waals surface area (Å²) in [5.74, 6) is -0.128. The van der Waals surface area contributed by atoms with E-state index in [0.29, 0.717) is 0 Å². The van der Waals surface area contributed by atoms with E-state index in [4.69, 9.17) is 5.73 Å². The predicted molar refractivity (Wildman–Crippen MR) is 60.3 cm³/mol. The van der Waals surface area contributed by atoms with Gasteiger partial charge in [-0.3, -0.25) is 0 Å². The van der Waals surface area contributed by atoms with Gasteiger partial charge >= 0.3 is 0 Å². The van der Waals surface area contributed by atoms with Gasteiger partial charge in [0.1, 0.15) is 5.82 Å². The molecule has 0 radical (unpaired) electrons. The van der Waals surface area contributed by atoms with Gasteiger partial charge in [-0.1, -0.05) is 26.0 Å². The first kappa shape index (κ1) is 10.6. The number of benzene rings is 1. The van der Waals surface area contributed by atoms with Gasteiger partial charge < -0.3 is 5.73 Å². The van der Waals surface area contributed by atoms with Crippen LogP contribution in [0.4, 0.5) is 4.39 Å². The van der Waals surface area contributed by atoms with Crippen molar-refractivity contribution in [3.05, 3.63) is 35.1 Å². The van der Waals surface area contributed by atoms with Crippen LogP contribution in [0.2, 0.25) is 0 Å². The summed E-state index contributed by atoms with van der Waals surface area (Å²) < 4.78 is 13.8. The molecule has 1 saturated carbocycles. The molecule has 2 heteroatoms. The molecule has 1 aliphatic rings. The Morgan fingerprint density at radius 2 is 1.93 bits per heavy atom. The zero-order valence-electron chi connectivity index (χ0n) is 9.60. The molecule has 0 aromatic heterocycles. The molecule has 1 aromatic rings. The molecule has 0 amide bonds. The molecule has 1 aromatic carbocycles. The molecule has 2 rings (SSSR count). The van der Waals surface area contributed by atoms with Gasteiger partial charge in [0.05, 0.1) is 0 Å². The molecule has 0 saturated heterocycles. The normalized spacial score (nSPS) is 19.0. The van der Waals surface area contributed by atoms with Crippen molar-refractivity contribution >= 4 is 0 Å². The molecular weight excluding hydrogens is 189 g/mol. The summed E-state index contributed by atoms with van der Waals surface area (Å²) in [4.78, 5) is 0. The number of aryl methyl sites for hydroxylation is 1. The Kier molecular flexibility index (Phi) is 2.16. The summed E-state index contributed by atoms with van der Waals surface area (Å²) in [6.45, 7) is 5.97. The maximum Gasteiger partial charge on any atom is 0.127 e. The fourth-order valence-corrected chi connectivity index (χ4v) is 2.15. The third kappa shape index (κ3) is 1.57. The highest BCUT2D eigenvalue weighted by atomic mass is 19.1. The number of rotatable bonds is 2. The third-order valence-electron chi connectivity index (χ3n) is 3.83. The Balaban J connectivity index is 2.45. The average molecular weight is 207 g/mol. The fraction of sp³-hybridized carbons (Fsp3) is 0.538. The van der Waals surface area contributed by atoms with Crippen LogP contribution in [-0.4, -0.2) is 5.54 Å². The summed E-state index contributed by atoms with van der Waals surface area (Å²) in [5.41, 5.74) is 7.41. The monoisotopic (exact) mass is 207 g/mol. The molecule has 82 valence electrons. The van der Waals surface area contributed by atoms with Crippen LogP contribution >= 0.6 is 0 Å². The highest BCUT2D eigenvalue weighted by Gasteiger charge is 2.52. The van der Waals surface area contributed by atoms with Crippen LogP contribution in [0, 0.1) is 12.7 Å². The van der Waals surface area contributed by atoms with Crippen molar-refractivity contribution in [2.45, 2.75) is 44.6 Å². The van der Waals surface area contributed by atoms with Crippen LogP contribution in [0.1, 0.15) is 37.8 Å². The average Bonchev–Trinajstić information content (AvgIpc) is 2.84. The topological polar surface area (TPSA) is 26.0 Å². The van der Waals surface area contributed by atoms with E-state index >= 15 is 0 Å². The van der Waals surface area contributed by atoms with Crippen molar-refractivity contribution in [3.63, 3.8) is 0 Å².